The Balaban J connectivity index is 1.23. The molecule has 0 radical (unpaired) electrons. The molecule has 3 heterocycles. The smallest absolute Gasteiger partial charge is 0.0366 e. The SMILES string of the molecule is c1ccc(N2CCC(N3CCC4NNC(C5CCC5)C4C3)C2)cc1. The summed E-state index contributed by atoms with van der Waals surface area (Å²) in [6, 6.07) is 13.1. The Kier molecular flexibility index (Phi) is 4.00. The van der Waals surface area contributed by atoms with Crippen molar-refractivity contribution < 1.29 is 0 Å². The molecule has 3 saturated heterocycles. The van der Waals surface area contributed by atoms with E-state index in [1.54, 1.807) is 0 Å². The zero-order valence-electron chi connectivity index (χ0n) is 14.5. The fourth-order valence-electron chi connectivity index (χ4n) is 5.37. The summed E-state index contributed by atoms with van der Waals surface area (Å²) in [4.78, 5) is 5.38. The lowest BCUT2D eigenvalue weighted by Gasteiger charge is -2.42. The summed E-state index contributed by atoms with van der Waals surface area (Å²) < 4.78 is 0. The zero-order valence-corrected chi connectivity index (χ0v) is 14.5. The molecule has 1 aliphatic carbocycles. The highest BCUT2D eigenvalue weighted by Crippen LogP contribution is 2.38. The number of piperidine rings is 1. The summed E-state index contributed by atoms with van der Waals surface area (Å²) in [5.41, 5.74) is 8.67. The topological polar surface area (TPSA) is 30.5 Å². The number of hydrogen-bond acceptors (Lipinski definition) is 4. The minimum atomic E-state index is 0.707. The van der Waals surface area contributed by atoms with E-state index in [-0.39, 0.29) is 0 Å². The third kappa shape index (κ3) is 2.65. The first-order chi connectivity index (χ1) is 11.9. The fraction of sp³-hybridized carbons (Fsp3) is 0.700. The number of likely N-dealkylation sites (tertiary alicyclic amines) is 1. The molecule has 5 rings (SSSR count). The minimum Gasteiger partial charge on any atom is -0.370 e. The van der Waals surface area contributed by atoms with Crippen LogP contribution in [0.5, 0.6) is 0 Å². The van der Waals surface area contributed by atoms with Crippen molar-refractivity contribution in [1.29, 1.82) is 0 Å². The maximum Gasteiger partial charge on any atom is 0.0366 e. The van der Waals surface area contributed by atoms with E-state index in [1.807, 2.05) is 0 Å². The summed E-state index contributed by atoms with van der Waals surface area (Å²) in [6.45, 7) is 4.97. The molecule has 4 heteroatoms. The molecule has 0 spiro atoms. The van der Waals surface area contributed by atoms with Gasteiger partial charge in [0.25, 0.3) is 0 Å². The van der Waals surface area contributed by atoms with Crippen LogP contribution in [0.1, 0.15) is 32.1 Å². The third-order valence-electron chi connectivity index (χ3n) is 7.04. The van der Waals surface area contributed by atoms with Crippen LogP contribution in [-0.4, -0.2) is 49.2 Å². The van der Waals surface area contributed by atoms with Gasteiger partial charge < -0.3 is 4.90 Å². The maximum atomic E-state index is 3.66. The van der Waals surface area contributed by atoms with Crippen molar-refractivity contribution in [3.05, 3.63) is 30.3 Å². The standard InChI is InChI=1S/C20H30N4/c1-2-7-16(8-3-1)23-11-9-17(13-23)24-12-10-19-18(14-24)20(22-21-19)15-5-4-6-15/h1-3,7-8,15,17-22H,4-6,9-14H2. The molecule has 0 amide bonds. The van der Waals surface area contributed by atoms with Crippen LogP contribution in [0.3, 0.4) is 0 Å². The highest BCUT2D eigenvalue weighted by atomic mass is 15.4. The van der Waals surface area contributed by atoms with Gasteiger partial charge in [0.05, 0.1) is 0 Å². The third-order valence-corrected chi connectivity index (χ3v) is 7.04. The van der Waals surface area contributed by atoms with Gasteiger partial charge in [-0.3, -0.25) is 15.8 Å². The molecule has 3 aliphatic heterocycles. The molecule has 24 heavy (non-hydrogen) atoms. The van der Waals surface area contributed by atoms with E-state index in [1.165, 1.54) is 64.0 Å². The van der Waals surface area contributed by atoms with Crippen molar-refractivity contribution in [2.75, 3.05) is 31.1 Å². The van der Waals surface area contributed by atoms with E-state index in [0.29, 0.717) is 6.04 Å². The molecule has 2 N–H and O–H groups in total. The second kappa shape index (κ2) is 6.32. The van der Waals surface area contributed by atoms with Crippen LogP contribution >= 0.6 is 0 Å². The Morgan fingerprint density at radius 1 is 0.875 bits per heavy atom. The molecule has 130 valence electrons. The van der Waals surface area contributed by atoms with Crippen molar-refractivity contribution in [2.45, 2.75) is 50.2 Å². The molecule has 4 fully saturated rings. The normalized spacial score (nSPS) is 37.4. The van der Waals surface area contributed by atoms with Crippen LogP contribution in [0, 0.1) is 11.8 Å². The minimum absolute atomic E-state index is 0.707. The molecule has 1 saturated carbocycles. The number of anilines is 1. The van der Waals surface area contributed by atoms with Gasteiger partial charge in [-0.15, -0.1) is 0 Å². The summed E-state index contributed by atoms with van der Waals surface area (Å²) in [6.07, 6.45) is 6.95. The monoisotopic (exact) mass is 326 g/mol. The highest BCUT2D eigenvalue weighted by Gasteiger charge is 2.45. The van der Waals surface area contributed by atoms with Crippen molar-refractivity contribution in [1.82, 2.24) is 15.8 Å². The molecule has 1 aromatic carbocycles. The lowest BCUT2D eigenvalue weighted by molar-refractivity contribution is 0.0954. The van der Waals surface area contributed by atoms with Crippen LogP contribution < -0.4 is 15.8 Å². The lowest BCUT2D eigenvalue weighted by atomic mass is 9.73. The quantitative estimate of drug-likeness (QED) is 0.892. The second-order valence-electron chi connectivity index (χ2n) is 8.28. The van der Waals surface area contributed by atoms with E-state index in [9.17, 15) is 0 Å². The van der Waals surface area contributed by atoms with Gasteiger partial charge >= 0.3 is 0 Å². The second-order valence-corrected chi connectivity index (χ2v) is 8.28. The number of hydrazine groups is 1. The van der Waals surface area contributed by atoms with Gasteiger partial charge in [0.15, 0.2) is 0 Å². The van der Waals surface area contributed by atoms with E-state index in [2.05, 4.69) is 51.0 Å². The van der Waals surface area contributed by atoms with E-state index in [0.717, 1.165) is 23.9 Å². The van der Waals surface area contributed by atoms with Crippen LogP contribution in [-0.2, 0) is 0 Å². The molecule has 4 aliphatic rings. The first-order valence-corrected chi connectivity index (χ1v) is 9.93. The van der Waals surface area contributed by atoms with E-state index in [4.69, 9.17) is 0 Å². The highest BCUT2D eigenvalue weighted by molar-refractivity contribution is 5.47. The molecule has 4 atom stereocenters. The van der Waals surface area contributed by atoms with E-state index < -0.39 is 0 Å². The predicted octanol–water partition coefficient (Wildman–Crippen LogP) is 2.23. The van der Waals surface area contributed by atoms with Gasteiger partial charge in [0, 0.05) is 55.9 Å². The number of para-hydroxylation sites is 1. The molecule has 1 aromatic rings. The number of rotatable bonds is 3. The number of nitrogens with zero attached hydrogens (tertiary/aromatic N) is 2. The average molecular weight is 326 g/mol. The first kappa shape index (κ1) is 15.2. The Morgan fingerprint density at radius 3 is 2.54 bits per heavy atom. The molecule has 4 unspecified atom stereocenters. The van der Waals surface area contributed by atoms with Crippen LogP contribution in [0.2, 0.25) is 0 Å². The van der Waals surface area contributed by atoms with Crippen molar-refractivity contribution in [2.24, 2.45) is 11.8 Å². The molecule has 0 aromatic heterocycles. The van der Waals surface area contributed by atoms with Crippen LogP contribution in [0.15, 0.2) is 30.3 Å². The maximum absolute atomic E-state index is 3.66. The van der Waals surface area contributed by atoms with Crippen LogP contribution in [0.4, 0.5) is 5.69 Å². The van der Waals surface area contributed by atoms with Gasteiger partial charge in [0.2, 0.25) is 0 Å². The lowest BCUT2D eigenvalue weighted by Crippen LogP contribution is -2.52. The van der Waals surface area contributed by atoms with Gasteiger partial charge in [0.1, 0.15) is 0 Å². The Bertz CT molecular complexity index is 558. The van der Waals surface area contributed by atoms with Crippen molar-refractivity contribution in [3.8, 4) is 0 Å². The summed E-state index contributed by atoms with van der Waals surface area (Å²) >= 11 is 0. The number of benzene rings is 1. The largest absolute Gasteiger partial charge is 0.370 e. The Labute approximate surface area is 145 Å². The Hall–Kier alpha value is -1.10. The Morgan fingerprint density at radius 2 is 1.75 bits per heavy atom. The molecular formula is C20H30N4. The summed E-state index contributed by atoms with van der Waals surface area (Å²) in [5.74, 6) is 1.74. The molecular weight excluding hydrogens is 296 g/mol. The average Bonchev–Trinajstić information content (AvgIpc) is 3.22. The number of nitrogens with one attached hydrogen (secondary N) is 2. The van der Waals surface area contributed by atoms with Gasteiger partial charge in [-0.2, -0.15) is 0 Å². The number of hydrogen-bond donors (Lipinski definition) is 2. The van der Waals surface area contributed by atoms with Crippen molar-refractivity contribution in [3.63, 3.8) is 0 Å². The zero-order chi connectivity index (χ0) is 15.9. The van der Waals surface area contributed by atoms with Gasteiger partial charge in [-0.1, -0.05) is 24.6 Å². The predicted molar refractivity (Wildman–Crippen MR) is 97.9 cm³/mol. The van der Waals surface area contributed by atoms with Crippen molar-refractivity contribution >= 4 is 5.69 Å². The molecule has 0 bridgehead atoms. The fourth-order valence-corrected chi connectivity index (χ4v) is 5.37. The molecule has 4 nitrogen and oxygen atoms in total. The van der Waals surface area contributed by atoms with E-state index >= 15 is 0 Å². The first-order valence-electron chi connectivity index (χ1n) is 9.93. The number of fused-ring (bicyclic) bond motifs is 1. The van der Waals surface area contributed by atoms with Gasteiger partial charge in [-0.05, 0) is 43.7 Å². The van der Waals surface area contributed by atoms with Crippen LogP contribution in [0.25, 0.3) is 0 Å². The van der Waals surface area contributed by atoms with Gasteiger partial charge in [-0.25, -0.2) is 0 Å². The summed E-state index contributed by atoms with van der Waals surface area (Å²) in [5, 5.41) is 0. The summed E-state index contributed by atoms with van der Waals surface area (Å²) in [7, 11) is 0.